The number of aliphatic carboxylic acids is 1. The van der Waals surface area contributed by atoms with Crippen LogP contribution in [-0.4, -0.2) is 5.97 Å². The summed E-state index contributed by atoms with van der Waals surface area (Å²) in [7, 11) is 0. The molecule has 4 heteroatoms. The average molecular weight is 171 g/mol. The summed E-state index contributed by atoms with van der Waals surface area (Å²) >= 11 is 1.54. The Hall–Kier alpha value is -0.870. The third-order valence-electron chi connectivity index (χ3n) is 1.43. The SMILES string of the molecule is [NH3+][C@H](CC(=O)[O-])c1ccsc1. The predicted octanol–water partition coefficient (Wildman–Crippen LogP) is -0.829. The first-order valence-corrected chi connectivity index (χ1v) is 4.19. The first-order valence-electron chi connectivity index (χ1n) is 3.25. The van der Waals surface area contributed by atoms with Gasteiger partial charge in [-0.2, -0.15) is 11.3 Å². The molecule has 11 heavy (non-hydrogen) atoms. The van der Waals surface area contributed by atoms with Crippen molar-refractivity contribution < 1.29 is 15.6 Å². The third-order valence-corrected chi connectivity index (χ3v) is 2.13. The van der Waals surface area contributed by atoms with E-state index in [1.165, 1.54) is 0 Å². The molecule has 1 aromatic heterocycles. The summed E-state index contributed by atoms with van der Waals surface area (Å²) in [6.07, 6.45) is -0.00324. The van der Waals surface area contributed by atoms with Crippen LogP contribution in [0.5, 0.6) is 0 Å². The van der Waals surface area contributed by atoms with Crippen LogP contribution in [0.4, 0.5) is 0 Å². The van der Waals surface area contributed by atoms with E-state index in [2.05, 4.69) is 5.73 Å². The van der Waals surface area contributed by atoms with Crippen LogP contribution in [0.2, 0.25) is 0 Å². The van der Waals surface area contributed by atoms with Crippen molar-refractivity contribution in [2.45, 2.75) is 12.5 Å². The molecule has 1 atom stereocenters. The second-order valence-electron chi connectivity index (χ2n) is 2.33. The number of hydrogen-bond acceptors (Lipinski definition) is 3. The molecule has 0 amide bonds. The van der Waals surface area contributed by atoms with Gasteiger partial charge in [-0.25, -0.2) is 0 Å². The highest BCUT2D eigenvalue weighted by Gasteiger charge is 2.09. The summed E-state index contributed by atoms with van der Waals surface area (Å²) in [5.74, 6) is -1.05. The number of rotatable bonds is 3. The number of carbonyl (C=O) groups excluding carboxylic acids is 1. The molecule has 0 unspecified atom stereocenters. The molecule has 3 nitrogen and oxygen atoms in total. The molecule has 0 spiro atoms. The highest BCUT2D eigenvalue weighted by Crippen LogP contribution is 2.14. The monoisotopic (exact) mass is 171 g/mol. The van der Waals surface area contributed by atoms with Crippen molar-refractivity contribution in [1.82, 2.24) is 0 Å². The van der Waals surface area contributed by atoms with Crippen LogP contribution in [-0.2, 0) is 4.79 Å². The molecule has 0 aliphatic heterocycles. The highest BCUT2D eigenvalue weighted by atomic mass is 32.1. The zero-order valence-electron chi connectivity index (χ0n) is 5.95. The van der Waals surface area contributed by atoms with Gasteiger partial charge >= 0.3 is 0 Å². The van der Waals surface area contributed by atoms with E-state index in [0.29, 0.717) is 0 Å². The smallest absolute Gasteiger partial charge is 0.116 e. The minimum atomic E-state index is -1.05. The zero-order chi connectivity index (χ0) is 8.27. The van der Waals surface area contributed by atoms with Crippen molar-refractivity contribution >= 4 is 17.3 Å². The van der Waals surface area contributed by atoms with Crippen LogP contribution >= 0.6 is 11.3 Å². The normalized spacial score (nSPS) is 12.8. The number of carbonyl (C=O) groups is 1. The summed E-state index contributed by atoms with van der Waals surface area (Å²) in [4.78, 5) is 10.2. The molecule has 0 saturated heterocycles. The fourth-order valence-electron chi connectivity index (χ4n) is 0.826. The van der Waals surface area contributed by atoms with Crippen LogP contribution < -0.4 is 10.8 Å². The minimum absolute atomic E-state index is 0.00324. The molecular formula is C7H9NO2S. The standard InChI is InChI=1S/C7H9NO2S/c8-6(3-7(9)10)5-1-2-11-4-5/h1-2,4,6H,3,8H2,(H,9,10)/t6-/m1/s1. The Morgan fingerprint density at radius 1 is 1.82 bits per heavy atom. The largest absolute Gasteiger partial charge is 0.550 e. The number of carboxylic acids is 1. The van der Waals surface area contributed by atoms with Crippen molar-refractivity contribution in [3.8, 4) is 0 Å². The van der Waals surface area contributed by atoms with Gasteiger partial charge in [0.15, 0.2) is 0 Å². The summed E-state index contributed by atoms with van der Waals surface area (Å²) in [6, 6.07) is 1.71. The summed E-state index contributed by atoms with van der Waals surface area (Å²) in [5.41, 5.74) is 4.68. The fraction of sp³-hybridized carbons (Fsp3) is 0.286. The van der Waals surface area contributed by atoms with E-state index in [9.17, 15) is 9.90 Å². The van der Waals surface area contributed by atoms with Crippen molar-refractivity contribution in [3.05, 3.63) is 22.4 Å². The maximum absolute atomic E-state index is 10.2. The van der Waals surface area contributed by atoms with Crippen LogP contribution in [0.3, 0.4) is 0 Å². The van der Waals surface area contributed by atoms with Crippen LogP contribution in [0.25, 0.3) is 0 Å². The van der Waals surface area contributed by atoms with Gasteiger partial charge < -0.3 is 15.6 Å². The van der Waals surface area contributed by atoms with Gasteiger partial charge in [0.2, 0.25) is 0 Å². The van der Waals surface area contributed by atoms with Gasteiger partial charge in [-0.05, 0) is 16.8 Å². The molecule has 0 bridgehead atoms. The molecule has 0 fully saturated rings. The van der Waals surface area contributed by atoms with E-state index in [1.54, 1.807) is 11.3 Å². The van der Waals surface area contributed by atoms with Crippen molar-refractivity contribution in [2.24, 2.45) is 0 Å². The topological polar surface area (TPSA) is 67.8 Å². The molecule has 1 rings (SSSR count). The van der Waals surface area contributed by atoms with Crippen LogP contribution in [0.15, 0.2) is 16.8 Å². The number of carboxylic acid groups (broad SMARTS) is 1. The van der Waals surface area contributed by atoms with E-state index >= 15 is 0 Å². The Bertz CT molecular complexity index is 233. The van der Waals surface area contributed by atoms with Gasteiger partial charge in [-0.15, -0.1) is 0 Å². The van der Waals surface area contributed by atoms with Crippen molar-refractivity contribution in [3.63, 3.8) is 0 Å². The molecule has 0 radical (unpaired) electrons. The lowest BCUT2D eigenvalue weighted by molar-refractivity contribution is -0.430. The fourth-order valence-corrected chi connectivity index (χ4v) is 1.57. The molecule has 0 saturated carbocycles. The van der Waals surface area contributed by atoms with Gasteiger partial charge in [0, 0.05) is 18.0 Å². The van der Waals surface area contributed by atoms with E-state index < -0.39 is 5.97 Å². The second kappa shape index (κ2) is 3.50. The molecule has 3 N–H and O–H groups in total. The first-order chi connectivity index (χ1) is 5.20. The van der Waals surface area contributed by atoms with Crippen molar-refractivity contribution in [2.75, 3.05) is 0 Å². The Morgan fingerprint density at radius 3 is 3.00 bits per heavy atom. The lowest BCUT2D eigenvalue weighted by Gasteiger charge is -2.05. The average Bonchev–Trinajstić information content (AvgIpc) is 2.35. The molecule has 0 aliphatic rings. The van der Waals surface area contributed by atoms with Crippen LogP contribution in [0, 0.1) is 0 Å². The summed E-state index contributed by atoms with van der Waals surface area (Å²) < 4.78 is 0. The van der Waals surface area contributed by atoms with Gasteiger partial charge in [0.1, 0.15) is 6.04 Å². The number of quaternary nitrogens is 1. The first kappa shape index (κ1) is 8.23. The Kier molecular flexibility index (Phi) is 2.62. The van der Waals surface area contributed by atoms with E-state index in [0.717, 1.165) is 5.56 Å². The lowest BCUT2D eigenvalue weighted by atomic mass is 10.1. The molecule has 0 aromatic carbocycles. The summed E-state index contributed by atoms with van der Waals surface area (Å²) in [5, 5.41) is 14.0. The predicted molar refractivity (Wildman–Crippen MR) is 39.6 cm³/mol. The molecule has 1 aromatic rings. The maximum Gasteiger partial charge on any atom is 0.116 e. The molecular weight excluding hydrogens is 162 g/mol. The van der Waals surface area contributed by atoms with E-state index in [4.69, 9.17) is 0 Å². The molecule has 60 valence electrons. The van der Waals surface area contributed by atoms with Gasteiger partial charge in [-0.1, -0.05) is 0 Å². The molecule has 1 heterocycles. The van der Waals surface area contributed by atoms with E-state index in [1.807, 2.05) is 16.8 Å². The third kappa shape index (κ3) is 2.32. The zero-order valence-corrected chi connectivity index (χ0v) is 6.76. The minimum Gasteiger partial charge on any atom is -0.550 e. The maximum atomic E-state index is 10.2. The Morgan fingerprint density at radius 2 is 2.55 bits per heavy atom. The van der Waals surface area contributed by atoms with E-state index in [-0.39, 0.29) is 12.5 Å². The summed E-state index contributed by atoms with van der Waals surface area (Å²) in [6.45, 7) is 0. The van der Waals surface area contributed by atoms with Gasteiger partial charge in [0.25, 0.3) is 0 Å². The molecule has 0 aliphatic carbocycles. The second-order valence-corrected chi connectivity index (χ2v) is 3.11. The van der Waals surface area contributed by atoms with Gasteiger partial charge in [0.05, 0.1) is 0 Å². The highest BCUT2D eigenvalue weighted by molar-refractivity contribution is 7.07. The lowest BCUT2D eigenvalue weighted by Crippen LogP contribution is -2.55. The quantitative estimate of drug-likeness (QED) is 0.645. The Labute approximate surface area is 68.5 Å². The van der Waals surface area contributed by atoms with Crippen LogP contribution in [0.1, 0.15) is 18.0 Å². The number of thiophene rings is 1. The Balaban J connectivity index is 2.56. The number of hydrogen-bond donors (Lipinski definition) is 1. The van der Waals surface area contributed by atoms with Crippen molar-refractivity contribution in [1.29, 1.82) is 0 Å². The van der Waals surface area contributed by atoms with Gasteiger partial charge in [-0.3, -0.25) is 0 Å².